The molecule has 4 nitrogen and oxygen atoms in total. The second-order valence-corrected chi connectivity index (χ2v) is 6.21. The van der Waals surface area contributed by atoms with Gasteiger partial charge in [0.2, 0.25) is 5.91 Å². The molecule has 2 aliphatic heterocycles. The Morgan fingerprint density at radius 1 is 1.39 bits per heavy atom. The first kappa shape index (κ1) is 18.2. The van der Waals surface area contributed by atoms with E-state index in [1.165, 1.54) is 12.1 Å². The van der Waals surface area contributed by atoms with Crippen molar-refractivity contribution in [2.24, 2.45) is 0 Å². The Kier molecular flexibility index (Phi) is 6.39. The van der Waals surface area contributed by atoms with E-state index in [4.69, 9.17) is 4.74 Å². The molecule has 128 valence electrons. The number of ether oxygens (including phenoxy) is 1. The fraction of sp³-hybridized carbons (Fsp3) is 0.588. The largest absolute Gasteiger partial charge is 0.381 e. The minimum atomic E-state index is -0.668. The maximum absolute atomic E-state index is 13.6. The van der Waals surface area contributed by atoms with E-state index in [2.05, 4.69) is 10.6 Å². The molecule has 2 fully saturated rings. The van der Waals surface area contributed by atoms with E-state index < -0.39 is 5.41 Å². The molecule has 1 unspecified atom stereocenters. The third-order valence-electron chi connectivity index (χ3n) is 4.83. The van der Waals surface area contributed by atoms with Crippen LogP contribution < -0.4 is 10.6 Å². The van der Waals surface area contributed by atoms with Crippen LogP contribution in [0.5, 0.6) is 0 Å². The zero-order valence-electron chi connectivity index (χ0n) is 13.1. The van der Waals surface area contributed by atoms with Gasteiger partial charge in [0.1, 0.15) is 5.82 Å². The first-order valence-corrected chi connectivity index (χ1v) is 8.06. The van der Waals surface area contributed by atoms with Gasteiger partial charge in [-0.1, -0.05) is 12.1 Å². The van der Waals surface area contributed by atoms with E-state index >= 15 is 0 Å². The molecule has 3 rings (SSSR count). The summed E-state index contributed by atoms with van der Waals surface area (Å²) in [7, 11) is 0. The molecule has 0 aliphatic carbocycles. The van der Waals surface area contributed by atoms with E-state index in [-0.39, 0.29) is 24.1 Å². The number of halogens is 2. The number of nitrogens with one attached hydrogen (secondary N) is 2. The third kappa shape index (κ3) is 4.03. The van der Waals surface area contributed by atoms with Gasteiger partial charge in [-0.3, -0.25) is 4.79 Å². The topological polar surface area (TPSA) is 50.4 Å². The Balaban J connectivity index is 0.00000192. The lowest BCUT2D eigenvalue weighted by Crippen LogP contribution is -2.50. The van der Waals surface area contributed by atoms with Gasteiger partial charge in [0, 0.05) is 25.8 Å². The van der Waals surface area contributed by atoms with Crippen molar-refractivity contribution in [3.8, 4) is 0 Å². The summed E-state index contributed by atoms with van der Waals surface area (Å²) >= 11 is 0. The molecule has 1 aromatic rings. The van der Waals surface area contributed by atoms with Crippen molar-refractivity contribution in [2.75, 3.05) is 26.3 Å². The Morgan fingerprint density at radius 2 is 2.17 bits per heavy atom. The second kappa shape index (κ2) is 8.08. The molecule has 2 aliphatic rings. The van der Waals surface area contributed by atoms with Gasteiger partial charge in [0.05, 0.1) is 5.41 Å². The van der Waals surface area contributed by atoms with Gasteiger partial charge in [-0.25, -0.2) is 4.39 Å². The third-order valence-corrected chi connectivity index (χ3v) is 4.83. The number of carbonyl (C=O) groups excluding carboxylic acids is 1. The van der Waals surface area contributed by atoms with Gasteiger partial charge in [-0.05, 0) is 49.9 Å². The summed E-state index contributed by atoms with van der Waals surface area (Å²) < 4.78 is 19.0. The van der Waals surface area contributed by atoms with E-state index in [9.17, 15) is 9.18 Å². The summed E-state index contributed by atoms with van der Waals surface area (Å²) in [6.07, 6.45) is 3.44. The standard InChI is InChI=1S/C17H23FN2O2.ClH/c18-14-4-1-3-13(11-14)17(6-9-22-10-7-17)16(21)20-12-15-5-2-8-19-15;/h1,3-4,11,15,19H,2,5-10,12H2,(H,20,21);1H. The SMILES string of the molecule is Cl.O=C(NCC1CCCN1)C1(c2cccc(F)c2)CCOCC1. The number of carbonyl (C=O) groups is 1. The minimum absolute atomic E-state index is 0. The fourth-order valence-corrected chi connectivity index (χ4v) is 3.47. The maximum atomic E-state index is 13.6. The predicted molar refractivity (Wildman–Crippen MR) is 89.4 cm³/mol. The van der Waals surface area contributed by atoms with Crippen molar-refractivity contribution in [1.29, 1.82) is 0 Å². The molecule has 2 N–H and O–H groups in total. The van der Waals surface area contributed by atoms with E-state index in [0.29, 0.717) is 38.6 Å². The lowest BCUT2D eigenvalue weighted by molar-refractivity contribution is -0.130. The zero-order chi connectivity index (χ0) is 15.4. The average Bonchev–Trinajstić information content (AvgIpc) is 3.06. The molecule has 0 spiro atoms. The normalized spacial score (nSPS) is 23.1. The van der Waals surface area contributed by atoms with Crippen LogP contribution in [0.25, 0.3) is 0 Å². The summed E-state index contributed by atoms with van der Waals surface area (Å²) in [5.41, 5.74) is 0.0894. The van der Waals surface area contributed by atoms with Crippen molar-refractivity contribution < 1.29 is 13.9 Å². The van der Waals surface area contributed by atoms with Crippen LogP contribution in [0.4, 0.5) is 4.39 Å². The summed E-state index contributed by atoms with van der Waals surface area (Å²) in [4.78, 5) is 12.9. The first-order chi connectivity index (χ1) is 10.7. The van der Waals surface area contributed by atoms with Crippen molar-refractivity contribution in [3.05, 3.63) is 35.6 Å². The average molecular weight is 343 g/mol. The number of hydrogen-bond donors (Lipinski definition) is 2. The number of rotatable bonds is 4. The van der Waals surface area contributed by atoms with Gasteiger partial charge in [-0.15, -0.1) is 12.4 Å². The second-order valence-electron chi connectivity index (χ2n) is 6.21. The minimum Gasteiger partial charge on any atom is -0.381 e. The Hall–Kier alpha value is -1.17. The van der Waals surface area contributed by atoms with Gasteiger partial charge < -0.3 is 15.4 Å². The van der Waals surface area contributed by atoms with Gasteiger partial charge in [-0.2, -0.15) is 0 Å². The van der Waals surface area contributed by atoms with Crippen LogP contribution in [0.3, 0.4) is 0 Å². The van der Waals surface area contributed by atoms with E-state index in [1.807, 2.05) is 6.07 Å². The van der Waals surface area contributed by atoms with Crippen LogP contribution in [0.1, 0.15) is 31.2 Å². The highest BCUT2D eigenvalue weighted by molar-refractivity contribution is 5.88. The molecule has 6 heteroatoms. The highest BCUT2D eigenvalue weighted by atomic mass is 35.5. The van der Waals surface area contributed by atoms with Crippen LogP contribution >= 0.6 is 12.4 Å². The number of hydrogen-bond acceptors (Lipinski definition) is 3. The summed E-state index contributed by atoms with van der Waals surface area (Å²) in [6, 6.07) is 6.78. The number of amides is 1. The molecule has 0 saturated carbocycles. The van der Waals surface area contributed by atoms with Crippen molar-refractivity contribution in [2.45, 2.75) is 37.1 Å². The smallest absolute Gasteiger partial charge is 0.230 e. The molecule has 0 radical (unpaired) electrons. The van der Waals surface area contributed by atoms with Gasteiger partial charge >= 0.3 is 0 Å². The lowest BCUT2D eigenvalue weighted by atomic mass is 9.73. The highest BCUT2D eigenvalue weighted by Gasteiger charge is 2.42. The Labute approximate surface area is 142 Å². The molecular weight excluding hydrogens is 319 g/mol. The van der Waals surface area contributed by atoms with Crippen LogP contribution in [0.2, 0.25) is 0 Å². The van der Waals surface area contributed by atoms with E-state index in [1.54, 1.807) is 6.07 Å². The summed E-state index contributed by atoms with van der Waals surface area (Å²) in [5, 5.41) is 6.45. The molecule has 2 heterocycles. The first-order valence-electron chi connectivity index (χ1n) is 8.06. The summed E-state index contributed by atoms with van der Waals surface area (Å²) in [5.74, 6) is -0.302. The van der Waals surface area contributed by atoms with Crippen LogP contribution in [-0.4, -0.2) is 38.3 Å². The monoisotopic (exact) mass is 342 g/mol. The van der Waals surface area contributed by atoms with Gasteiger partial charge in [0.25, 0.3) is 0 Å². The molecular formula is C17H24ClFN2O2. The molecule has 23 heavy (non-hydrogen) atoms. The lowest BCUT2D eigenvalue weighted by Gasteiger charge is -2.36. The van der Waals surface area contributed by atoms with Crippen molar-refractivity contribution in [3.63, 3.8) is 0 Å². The molecule has 1 amide bonds. The quantitative estimate of drug-likeness (QED) is 0.881. The summed E-state index contributed by atoms with van der Waals surface area (Å²) in [6.45, 7) is 2.72. The molecule has 1 atom stereocenters. The molecule has 0 aromatic heterocycles. The molecule has 0 bridgehead atoms. The predicted octanol–water partition coefficient (Wildman–Crippen LogP) is 2.16. The Morgan fingerprint density at radius 3 is 2.83 bits per heavy atom. The molecule has 2 saturated heterocycles. The molecule has 1 aromatic carbocycles. The zero-order valence-corrected chi connectivity index (χ0v) is 14.0. The van der Waals surface area contributed by atoms with Crippen molar-refractivity contribution in [1.82, 2.24) is 10.6 Å². The van der Waals surface area contributed by atoms with Crippen LogP contribution in [0.15, 0.2) is 24.3 Å². The van der Waals surface area contributed by atoms with Crippen LogP contribution in [0, 0.1) is 5.82 Å². The van der Waals surface area contributed by atoms with E-state index in [0.717, 1.165) is 24.9 Å². The van der Waals surface area contributed by atoms with Crippen LogP contribution in [-0.2, 0) is 14.9 Å². The fourth-order valence-electron chi connectivity index (χ4n) is 3.47. The Bertz CT molecular complexity index is 529. The highest BCUT2D eigenvalue weighted by Crippen LogP contribution is 2.35. The van der Waals surface area contributed by atoms with Gasteiger partial charge in [0.15, 0.2) is 0 Å². The van der Waals surface area contributed by atoms with Crippen molar-refractivity contribution >= 4 is 18.3 Å². The number of benzene rings is 1. The maximum Gasteiger partial charge on any atom is 0.230 e.